The second-order valence-electron chi connectivity index (χ2n) is 4.34. The van der Waals surface area contributed by atoms with Crippen molar-refractivity contribution in [2.24, 2.45) is 17.8 Å². The molecule has 17 heavy (non-hydrogen) atoms. The van der Waals surface area contributed by atoms with Gasteiger partial charge in [-0.3, -0.25) is 14.4 Å². The van der Waals surface area contributed by atoms with Crippen molar-refractivity contribution in [3.8, 4) is 0 Å². The van der Waals surface area contributed by atoms with Crippen molar-refractivity contribution in [2.45, 2.75) is 25.7 Å². The number of carbonyl (C=O) groups excluding carboxylic acids is 1. The van der Waals surface area contributed by atoms with E-state index in [1.807, 2.05) is 0 Å². The molecule has 0 aliphatic heterocycles. The van der Waals surface area contributed by atoms with Crippen LogP contribution in [0.15, 0.2) is 0 Å². The zero-order chi connectivity index (χ0) is 13.0. The molecule has 1 aliphatic rings. The zero-order valence-electron chi connectivity index (χ0n) is 9.59. The van der Waals surface area contributed by atoms with Crippen LogP contribution in [-0.4, -0.2) is 35.2 Å². The summed E-state index contributed by atoms with van der Waals surface area (Å²) in [5, 5.41) is 17.5. The Morgan fingerprint density at radius 2 is 1.47 bits per heavy atom. The van der Waals surface area contributed by atoms with E-state index >= 15 is 0 Å². The van der Waals surface area contributed by atoms with Gasteiger partial charge < -0.3 is 14.9 Å². The fraction of sp³-hybridized carbons (Fsp3) is 0.727. The minimum absolute atomic E-state index is 0.115. The Bertz CT molecular complexity index is 300. The molecule has 0 spiro atoms. The molecule has 6 heteroatoms. The van der Waals surface area contributed by atoms with E-state index in [1.165, 1.54) is 7.11 Å². The number of carboxylic acid groups (broad SMARTS) is 2. The second-order valence-corrected chi connectivity index (χ2v) is 4.34. The maximum atomic E-state index is 11.6. The van der Waals surface area contributed by atoms with Crippen LogP contribution in [0.2, 0.25) is 0 Å². The average Bonchev–Trinajstić information content (AvgIpc) is 2.58. The number of methoxy groups -OCH3 is 1. The number of carboxylic acids is 2. The summed E-state index contributed by atoms with van der Waals surface area (Å²) in [5.74, 6) is -3.68. The predicted octanol–water partition coefficient (Wildman–Crippen LogP) is 0.751. The van der Waals surface area contributed by atoms with Gasteiger partial charge in [-0.15, -0.1) is 0 Å². The quantitative estimate of drug-likeness (QED) is 0.692. The van der Waals surface area contributed by atoms with E-state index in [4.69, 9.17) is 10.2 Å². The fourth-order valence-corrected chi connectivity index (χ4v) is 2.60. The molecule has 1 saturated carbocycles. The van der Waals surface area contributed by atoms with Crippen LogP contribution in [0.25, 0.3) is 0 Å². The fourth-order valence-electron chi connectivity index (χ4n) is 2.60. The molecule has 0 heterocycles. The van der Waals surface area contributed by atoms with Gasteiger partial charge in [0.15, 0.2) is 0 Å². The monoisotopic (exact) mass is 244 g/mol. The SMILES string of the molecule is COC(=O)C1[C@@H](CC(=O)O)CC[C@@H]1CC(=O)O. The van der Waals surface area contributed by atoms with E-state index in [-0.39, 0.29) is 24.7 Å². The molecule has 2 N–H and O–H groups in total. The molecule has 0 bridgehead atoms. The molecular weight excluding hydrogens is 228 g/mol. The normalized spacial score (nSPS) is 24.5. The van der Waals surface area contributed by atoms with E-state index in [2.05, 4.69) is 4.74 Å². The predicted molar refractivity (Wildman–Crippen MR) is 56.2 cm³/mol. The molecule has 1 fully saturated rings. The number of carbonyl (C=O) groups is 3. The molecule has 0 saturated heterocycles. The van der Waals surface area contributed by atoms with Crippen molar-refractivity contribution < 1.29 is 29.3 Å². The first-order valence-electron chi connectivity index (χ1n) is 5.47. The molecule has 0 amide bonds. The minimum atomic E-state index is -0.972. The van der Waals surface area contributed by atoms with Gasteiger partial charge in [-0.25, -0.2) is 0 Å². The smallest absolute Gasteiger partial charge is 0.309 e. The van der Waals surface area contributed by atoms with Gasteiger partial charge in [0.25, 0.3) is 0 Å². The van der Waals surface area contributed by atoms with Gasteiger partial charge in [-0.05, 0) is 24.7 Å². The highest BCUT2D eigenvalue weighted by molar-refractivity contribution is 5.76. The summed E-state index contributed by atoms with van der Waals surface area (Å²) in [6.45, 7) is 0. The third-order valence-electron chi connectivity index (χ3n) is 3.27. The van der Waals surface area contributed by atoms with Gasteiger partial charge >= 0.3 is 17.9 Å². The Kier molecular flexibility index (Phi) is 4.48. The summed E-state index contributed by atoms with van der Waals surface area (Å²) in [4.78, 5) is 32.9. The van der Waals surface area contributed by atoms with Crippen LogP contribution in [-0.2, 0) is 19.1 Å². The summed E-state index contributed by atoms with van der Waals surface area (Å²) in [5.41, 5.74) is 0. The Hall–Kier alpha value is -1.59. The van der Waals surface area contributed by atoms with Crippen molar-refractivity contribution in [3.63, 3.8) is 0 Å². The zero-order valence-corrected chi connectivity index (χ0v) is 9.59. The van der Waals surface area contributed by atoms with E-state index in [9.17, 15) is 14.4 Å². The minimum Gasteiger partial charge on any atom is -0.481 e. The molecule has 0 aromatic heterocycles. The van der Waals surface area contributed by atoms with Gasteiger partial charge in [0, 0.05) is 12.8 Å². The van der Waals surface area contributed by atoms with Crippen LogP contribution < -0.4 is 0 Å². The first kappa shape index (κ1) is 13.5. The van der Waals surface area contributed by atoms with Gasteiger partial charge in [-0.1, -0.05) is 0 Å². The lowest BCUT2D eigenvalue weighted by atomic mass is 9.86. The van der Waals surface area contributed by atoms with Gasteiger partial charge in [0.05, 0.1) is 13.0 Å². The van der Waals surface area contributed by atoms with Crippen LogP contribution in [0.4, 0.5) is 0 Å². The number of aliphatic carboxylic acids is 2. The van der Waals surface area contributed by atoms with E-state index in [0.29, 0.717) is 12.8 Å². The molecule has 0 unspecified atom stereocenters. The third kappa shape index (κ3) is 3.44. The highest BCUT2D eigenvalue weighted by Gasteiger charge is 2.43. The third-order valence-corrected chi connectivity index (χ3v) is 3.27. The van der Waals surface area contributed by atoms with Crippen molar-refractivity contribution in [1.82, 2.24) is 0 Å². The molecular formula is C11H16O6. The van der Waals surface area contributed by atoms with Crippen molar-refractivity contribution >= 4 is 17.9 Å². The van der Waals surface area contributed by atoms with E-state index < -0.39 is 23.8 Å². The number of esters is 1. The summed E-state index contributed by atoms with van der Waals surface area (Å²) in [6, 6.07) is 0. The van der Waals surface area contributed by atoms with Crippen LogP contribution >= 0.6 is 0 Å². The number of hydrogen-bond acceptors (Lipinski definition) is 4. The standard InChI is InChI=1S/C11H16O6/c1-17-11(16)10-6(4-8(12)13)2-3-7(10)5-9(14)15/h6-7,10H,2-5H2,1H3,(H,12,13)(H,14,15)/t6-,7-/m1/s1. The maximum absolute atomic E-state index is 11.6. The average molecular weight is 244 g/mol. The molecule has 96 valence electrons. The van der Waals surface area contributed by atoms with E-state index in [0.717, 1.165) is 0 Å². The Morgan fingerprint density at radius 1 is 1.06 bits per heavy atom. The van der Waals surface area contributed by atoms with Crippen LogP contribution in [0.3, 0.4) is 0 Å². The first-order valence-corrected chi connectivity index (χ1v) is 5.47. The second kappa shape index (κ2) is 5.65. The Balaban J connectivity index is 2.77. The lowest BCUT2D eigenvalue weighted by Gasteiger charge is -2.20. The Morgan fingerprint density at radius 3 is 1.76 bits per heavy atom. The van der Waals surface area contributed by atoms with E-state index in [1.54, 1.807) is 0 Å². The van der Waals surface area contributed by atoms with Gasteiger partial charge in [0.1, 0.15) is 0 Å². The summed E-state index contributed by atoms with van der Waals surface area (Å²) < 4.78 is 4.63. The number of ether oxygens (including phenoxy) is 1. The topological polar surface area (TPSA) is 101 Å². The number of rotatable bonds is 5. The number of hydrogen-bond donors (Lipinski definition) is 2. The molecule has 0 aromatic rings. The highest BCUT2D eigenvalue weighted by Crippen LogP contribution is 2.41. The van der Waals surface area contributed by atoms with Gasteiger partial charge in [0.2, 0.25) is 0 Å². The first-order chi connectivity index (χ1) is 7.95. The van der Waals surface area contributed by atoms with Crippen LogP contribution in [0.1, 0.15) is 25.7 Å². The summed E-state index contributed by atoms with van der Waals surface area (Å²) in [6.07, 6.45) is 0.889. The molecule has 1 rings (SSSR count). The van der Waals surface area contributed by atoms with Crippen molar-refractivity contribution in [1.29, 1.82) is 0 Å². The molecule has 0 radical (unpaired) electrons. The molecule has 6 nitrogen and oxygen atoms in total. The lowest BCUT2D eigenvalue weighted by molar-refractivity contribution is -0.150. The van der Waals surface area contributed by atoms with Gasteiger partial charge in [-0.2, -0.15) is 0 Å². The van der Waals surface area contributed by atoms with Crippen molar-refractivity contribution in [2.75, 3.05) is 7.11 Å². The maximum Gasteiger partial charge on any atom is 0.309 e. The largest absolute Gasteiger partial charge is 0.481 e. The van der Waals surface area contributed by atoms with Crippen molar-refractivity contribution in [3.05, 3.63) is 0 Å². The lowest BCUT2D eigenvalue weighted by Crippen LogP contribution is -2.28. The highest BCUT2D eigenvalue weighted by atomic mass is 16.5. The molecule has 1 aliphatic carbocycles. The molecule has 0 aromatic carbocycles. The summed E-state index contributed by atoms with van der Waals surface area (Å²) in [7, 11) is 1.23. The summed E-state index contributed by atoms with van der Waals surface area (Å²) >= 11 is 0. The van der Waals surface area contributed by atoms with Crippen LogP contribution in [0.5, 0.6) is 0 Å². The molecule has 2 atom stereocenters. The Labute approximate surface area is 98.6 Å². The van der Waals surface area contributed by atoms with Crippen LogP contribution in [0, 0.1) is 17.8 Å².